The minimum absolute atomic E-state index is 0.0911. The molecule has 0 aromatic heterocycles. The van der Waals surface area contributed by atoms with Crippen LogP contribution in [-0.2, 0) is 4.79 Å². The fraction of sp³-hybridized carbons (Fsp3) is 0.417. The van der Waals surface area contributed by atoms with Crippen LogP contribution < -0.4 is 5.32 Å². The fourth-order valence-electron chi connectivity index (χ4n) is 1.36. The van der Waals surface area contributed by atoms with E-state index < -0.39 is 0 Å². The Bertz CT molecular complexity index is 366. The van der Waals surface area contributed by atoms with Crippen LogP contribution in [0.3, 0.4) is 0 Å². The van der Waals surface area contributed by atoms with Gasteiger partial charge in [0.25, 0.3) is 0 Å². The van der Waals surface area contributed by atoms with Gasteiger partial charge >= 0.3 is 0 Å². The van der Waals surface area contributed by atoms with Crippen LogP contribution in [0.5, 0.6) is 0 Å². The summed E-state index contributed by atoms with van der Waals surface area (Å²) in [6.07, 6.45) is 0.472. The Kier molecular flexibility index (Phi) is 4.62. The molecule has 0 aliphatic rings. The number of halogens is 1. The molecule has 0 saturated heterocycles. The van der Waals surface area contributed by atoms with Crippen molar-refractivity contribution in [2.75, 3.05) is 19.4 Å². The molecule has 0 fully saturated rings. The van der Waals surface area contributed by atoms with Crippen molar-refractivity contribution in [1.82, 2.24) is 4.90 Å². The van der Waals surface area contributed by atoms with E-state index in [1.54, 1.807) is 19.0 Å². The summed E-state index contributed by atoms with van der Waals surface area (Å²) in [7, 11) is 3.52. The summed E-state index contributed by atoms with van der Waals surface area (Å²) in [6.45, 7) is 1.97. The van der Waals surface area contributed by atoms with Gasteiger partial charge in [-0.1, -0.05) is 17.7 Å². The van der Waals surface area contributed by atoms with E-state index in [0.717, 1.165) is 5.69 Å². The molecule has 4 heteroatoms. The van der Waals surface area contributed by atoms with Crippen molar-refractivity contribution in [1.29, 1.82) is 0 Å². The van der Waals surface area contributed by atoms with Crippen LogP contribution in [0.15, 0.2) is 24.3 Å². The topological polar surface area (TPSA) is 32.3 Å². The first-order chi connectivity index (χ1) is 7.49. The fourth-order valence-corrected chi connectivity index (χ4v) is 1.55. The highest BCUT2D eigenvalue weighted by atomic mass is 35.5. The molecule has 0 aliphatic carbocycles. The van der Waals surface area contributed by atoms with E-state index >= 15 is 0 Å². The maximum Gasteiger partial charge on any atom is 0.224 e. The quantitative estimate of drug-likeness (QED) is 0.878. The average Bonchev–Trinajstić information content (AvgIpc) is 2.16. The van der Waals surface area contributed by atoms with Crippen molar-refractivity contribution in [3.63, 3.8) is 0 Å². The SMILES string of the molecule is CC(CC(=O)N(C)C)Nc1cccc(Cl)c1. The summed E-state index contributed by atoms with van der Waals surface area (Å²) in [5, 5.41) is 3.93. The Labute approximate surface area is 101 Å². The zero-order chi connectivity index (χ0) is 12.1. The first kappa shape index (κ1) is 12.8. The molecule has 0 spiro atoms. The van der Waals surface area contributed by atoms with Crippen molar-refractivity contribution in [2.45, 2.75) is 19.4 Å². The molecule has 0 saturated carbocycles. The van der Waals surface area contributed by atoms with Gasteiger partial charge in [-0.2, -0.15) is 0 Å². The molecule has 0 radical (unpaired) electrons. The van der Waals surface area contributed by atoms with Gasteiger partial charge in [-0.15, -0.1) is 0 Å². The third-order valence-corrected chi connectivity index (χ3v) is 2.45. The molecule has 16 heavy (non-hydrogen) atoms. The van der Waals surface area contributed by atoms with Crippen LogP contribution in [0.25, 0.3) is 0 Å². The zero-order valence-electron chi connectivity index (χ0n) is 9.83. The summed E-state index contributed by atoms with van der Waals surface area (Å²) in [6, 6.07) is 7.57. The van der Waals surface area contributed by atoms with Gasteiger partial charge in [-0.3, -0.25) is 4.79 Å². The third kappa shape index (κ3) is 4.11. The van der Waals surface area contributed by atoms with Gasteiger partial charge in [0.05, 0.1) is 0 Å². The molecular formula is C12H17ClN2O. The van der Waals surface area contributed by atoms with E-state index in [1.807, 2.05) is 31.2 Å². The summed E-state index contributed by atoms with van der Waals surface area (Å²) in [4.78, 5) is 13.1. The second-order valence-corrected chi connectivity index (χ2v) is 4.48. The van der Waals surface area contributed by atoms with Gasteiger partial charge in [0, 0.05) is 37.3 Å². The Morgan fingerprint density at radius 1 is 1.50 bits per heavy atom. The number of amides is 1. The molecular weight excluding hydrogens is 224 g/mol. The number of carbonyl (C=O) groups excluding carboxylic acids is 1. The van der Waals surface area contributed by atoms with Gasteiger partial charge in [0.1, 0.15) is 0 Å². The van der Waals surface area contributed by atoms with Crippen molar-refractivity contribution in [3.8, 4) is 0 Å². The lowest BCUT2D eigenvalue weighted by Crippen LogP contribution is -2.28. The van der Waals surface area contributed by atoms with Crippen LogP contribution in [0.4, 0.5) is 5.69 Å². The van der Waals surface area contributed by atoms with Crippen LogP contribution in [-0.4, -0.2) is 30.9 Å². The normalized spacial score (nSPS) is 12.0. The first-order valence-electron chi connectivity index (χ1n) is 5.21. The minimum atomic E-state index is 0.0911. The van der Waals surface area contributed by atoms with Crippen molar-refractivity contribution in [3.05, 3.63) is 29.3 Å². The van der Waals surface area contributed by atoms with Crippen molar-refractivity contribution in [2.24, 2.45) is 0 Å². The number of hydrogen-bond acceptors (Lipinski definition) is 2. The lowest BCUT2D eigenvalue weighted by atomic mass is 10.2. The second kappa shape index (κ2) is 5.75. The standard InChI is InChI=1S/C12H17ClN2O/c1-9(7-12(16)15(2)3)14-11-6-4-5-10(13)8-11/h4-6,8-9,14H,7H2,1-3H3. The Morgan fingerprint density at radius 2 is 2.19 bits per heavy atom. The molecule has 3 nitrogen and oxygen atoms in total. The number of carbonyl (C=O) groups is 1. The zero-order valence-corrected chi connectivity index (χ0v) is 10.6. The molecule has 1 aromatic carbocycles. The highest BCUT2D eigenvalue weighted by molar-refractivity contribution is 6.30. The van der Waals surface area contributed by atoms with Gasteiger partial charge in [0.15, 0.2) is 0 Å². The third-order valence-electron chi connectivity index (χ3n) is 2.22. The molecule has 1 rings (SSSR count). The van der Waals surface area contributed by atoms with E-state index in [4.69, 9.17) is 11.6 Å². The number of rotatable bonds is 4. The molecule has 0 bridgehead atoms. The Hall–Kier alpha value is -1.22. The van der Waals surface area contributed by atoms with Crippen LogP contribution in [0, 0.1) is 0 Å². The summed E-state index contributed by atoms with van der Waals surface area (Å²) in [5.41, 5.74) is 0.937. The maximum atomic E-state index is 11.5. The van der Waals surface area contributed by atoms with E-state index in [2.05, 4.69) is 5.32 Å². The van der Waals surface area contributed by atoms with Crippen LogP contribution in [0.1, 0.15) is 13.3 Å². The van der Waals surface area contributed by atoms with E-state index in [-0.39, 0.29) is 11.9 Å². The van der Waals surface area contributed by atoms with Gasteiger partial charge in [-0.05, 0) is 25.1 Å². The summed E-state index contributed by atoms with van der Waals surface area (Å²) >= 11 is 5.87. The number of hydrogen-bond donors (Lipinski definition) is 1. The average molecular weight is 241 g/mol. The summed E-state index contributed by atoms with van der Waals surface area (Å²) in [5.74, 6) is 0.113. The number of benzene rings is 1. The molecule has 0 heterocycles. The van der Waals surface area contributed by atoms with Crippen LogP contribution in [0.2, 0.25) is 5.02 Å². The highest BCUT2D eigenvalue weighted by Crippen LogP contribution is 2.16. The Balaban J connectivity index is 2.51. The maximum absolute atomic E-state index is 11.5. The van der Waals surface area contributed by atoms with E-state index in [0.29, 0.717) is 11.4 Å². The molecule has 1 N–H and O–H groups in total. The largest absolute Gasteiger partial charge is 0.382 e. The lowest BCUT2D eigenvalue weighted by molar-refractivity contribution is -0.128. The van der Waals surface area contributed by atoms with Crippen LogP contribution >= 0.6 is 11.6 Å². The van der Waals surface area contributed by atoms with Crippen molar-refractivity contribution >= 4 is 23.2 Å². The molecule has 1 unspecified atom stereocenters. The van der Waals surface area contributed by atoms with E-state index in [1.165, 1.54) is 0 Å². The van der Waals surface area contributed by atoms with E-state index in [9.17, 15) is 4.79 Å². The molecule has 0 aliphatic heterocycles. The molecule has 1 amide bonds. The van der Waals surface area contributed by atoms with Gasteiger partial charge in [-0.25, -0.2) is 0 Å². The van der Waals surface area contributed by atoms with Gasteiger partial charge in [0.2, 0.25) is 5.91 Å². The Morgan fingerprint density at radius 3 is 2.75 bits per heavy atom. The summed E-state index contributed by atoms with van der Waals surface area (Å²) < 4.78 is 0. The highest BCUT2D eigenvalue weighted by Gasteiger charge is 2.10. The molecule has 1 atom stereocenters. The monoisotopic (exact) mass is 240 g/mol. The second-order valence-electron chi connectivity index (χ2n) is 4.05. The molecule has 88 valence electrons. The first-order valence-corrected chi connectivity index (χ1v) is 5.59. The predicted molar refractivity (Wildman–Crippen MR) is 67.8 cm³/mol. The predicted octanol–water partition coefficient (Wildman–Crippen LogP) is 2.62. The molecule has 1 aromatic rings. The number of nitrogens with zero attached hydrogens (tertiary/aromatic N) is 1. The van der Waals surface area contributed by atoms with Gasteiger partial charge < -0.3 is 10.2 Å². The smallest absolute Gasteiger partial charge is 0.224 e. The number of nitrogens with one attached hydrogen (secondary N) is 1. The lowest BCUT2D eigenvalue weighted by Gasteiger charge is -2.17. The van der Waals surface area contributed by atoms with Crippen molar-refractivity contribution < 1.29 is 4.79 Å². The number of anilines is 1. The minimum Gasteiger partial charge on any atom is -0.382 e.